The molecular formula is C28H22Cl3F3N4O5. The summed E-state index contributed by atoms with van der Waals surface area (Å²) in [4.78, 5) is 55.2. The number of fused-ring (bicyclic) bond motifs is 4. The van der Waals surface area contributed by atoms with Crippen LogP contribution in [-0.4, -0.2) is 67.5 Å². The predicted octanol–water partition coefficient (Wildman–Crippen LogP) is 4.50. The highest BCUT2D eigenvalue weighted by molar-refractivity contribution is 6.53. The van der Waals surface area contributed by atoms with Crippen LogP contribution in [0.15, 0.2) is 48.0 Å². The van der Waals surface area contributed by atoms with Gasteiger partial charge >= 0.3 is 6.18 Å². The molecule has 0 bridgehead atoms. The van der Waals surface area contributed by atoms with Gasteiger partial charge in [0, 0.05) is 20.0 Å². The third kappa shape index (κ3) is 3.95. The number of carbonyl (C=O) groups is 4. The van der Waals surface area contributed by atoms with Gasteiger partial charge in [-0.2, -0.15) is 18.2 Å². The Balaban J connectivity index is 1.45. The number of hydrazine groups is 1. The third-order valence-corrected chi connectivity index (χ3v) is 10.6. The molecule has 6 rings (SSSR count). The van der Waals surface area contributed by atoms with Crippen LogP contribution in [0.25, 0.3) is 0 Å². The molecular weight excluding hydrogens is 636 g/mol. The molecule has 15 heteroatoms. The van der Waals surface area contributed by atoms with E-state index in [0.29, 0.717) is 22.2 Å². The lowest BCUT2D eigenvalue weighted by Crippen LogP contribution is -2.60. The van der Waals surface area contributed by atoms with Gasteiger partial charge in [-0.15, -0.1) is 23.2 Å². The zero-order valence-corrected chi connectivity index (χ0v) is 24.7. The Morgan fingerprint density at radius 3 is 2.40 bits per heavy atom. The minimum atomic E-state index is -4.81. The monoisotopic (exact) mass is 656 g/mol. The Bertz CT molecular complexity index is 1650. The molecule has 2 aliphatic heterocycles. The summed E-state index contributed by atoms with van der Waals surface area (Å²) in [7, 11) is 2.46. The normalized spacial score (nSPS) is 32.0. The lowest BCUT2D eigenvalue weighted by atomic mass is 9.56. The minimum Gasteiger partial charge on any atom is -0.508 e. The fraction of sp³-hybridized carbons (Fsp3) is 0.393. The van der Waals surface area contributed by atoms with Crippen LogP contribution in [0.5, 0.6) is 5.75 Å². The average molecular weight is 658 g/mol. The fourth-order valence-electron chi connectivity index (χ4n) is 7.01. The summed E-state index contributed by atoms with van der Waals surface area (Å²) in [6.07, 6.45) is -3.35. The molecule has 2 saturated heterocycles. The summed E-state index contributed by atoms with van der Waals surface area (Å²) < 4.78 is 40.2. The zero-order valence-electron chi connectivity index (χ0n) is 22.4. The van der Waals surface area contributed by atoms with E-state index in [1.165, 1.54) is 32.3 Å². The van der Waals surface area contributed by atoms with E-state index in [4.69, 9.17) is 34.8 Å². The van der Waals surface area contributed by atoms with Gasteiger partial charge in [0.2, 0.25) is 0 Å². The van der Waals surface area contributed by atoms with Crippen LogP contribution in [0.1, 0.15) is 30.0 Å². The molecule has 6 unspecified atom stereocenters. The minimum absolute atomic E-state index is 0.0325. The number of imide groups is 2. The van der Waals surface area contributed by atoms with Crippen LogP contribution in [0.2, 0.25) is 5.02 Å². The van der Waals surface area contributed by atoms with Gasteiger partial charge in [0.1, 0.15) is 11.4 Å². The maximum Gasteiger partial charge on any atom is 0.433 e. The first kappa shape index (κ1) is 29.7. The summed E-state index contributed by atoms with van der Waals surface area (Å²) in [5.41, 5.74) is -0.399. The van der Waals surface area contributed by atoms with Gasteiger partial charge in [-0.25, -0.2) is 4.98 Å². The van der Waals surface area contributed by atoms with E-state index in [0.717, 1.165) is 16.0 Å². The fourth-order valence-corrected chi connectivity index (χ4v) is 8.26. The molecule has 3 heterocycles. The lowest BCUT2D eigenvalue weighted by molar-refractivity contribution is -0.141. The van der Waals surface area contributed by atoms with Crippen molar-refractivity contribution in [2.75, 3.05) is 19.1 Å². The van der Waals surface area contributed by atoms with Gasteiger partial charge in [-0.05, 0) is 48.6 Å². The summed E-state index contributed by atoms with van der Waals surface area (Å²) >= 11 is 20.3. The lowest BCUT2D eigenvalue weighted by Gasteiger charge is -2.50. The number of aromatic hydroxyl groups is 1. The number of benzene rings is 1. The van der Waals surface area contributed by atoms with Crippen molar-refractivity contribution in [3.63, 3.8) is 0 Å². The van der Waals surface area contributed by atoms with E-state index in [-0.39, 0.29) is 23.6 Å². The van der Waals surface area contributed by atoms with E-state index in [1.807, 2.05) is 0 Å². The Kier molecular flexibility index (Phi) is 6.61. The number of rotatable bonds is 3. The molecule has 1 saturated carbocycles. The second-order valence-electron chi connectivity index (χ2n) is 11.1. The van der Waals surface area contributed by atoms with Crippen molar-refractivity contribution < 1.29 is 37.5 Å². The number of aromatic nitrogens is 1. The second kappa shape index (κ2) is 9.57. The third-order valence-electron chi connectivity index (χ3n) is 8.92. The van der Waals surface area contributed by atoms with Crippen molar-refractivity contribution in [2.24, 2.45) is 17.8 Å². The highest BCUT2D eigenvalue weighted by Gasteiger charge is 2.76. The van der Waals surface area contributed by atoms with Crippen LogP contribution >= 0.6 is 34.8 Å². The number of pyridine rings is 1. The van der Waals surface area contributed by atoms with E-state index in [2.05, 4.69) is 4.98 Å². The van der Waals surface area contributed by atoms with Gasteiger partial charge in [0.25, 0.3) is 23.6 Å². The Labute approximate surface area is 257 Å². The zero-order chi connectivity index (χ0) is 31.4. The van der Waals surface area contributed by atoms with Crippen molar-refractivity contribution in [3.05, 3.63) is 64.3 Å². The van der Waals surface area contributed by atoms with E-state index in [9.17, 15) is 37.5 Å². The van der Waals surface area contributed by atoms with Gasteiger partial charge in [0.05, 0.1) is 16.9 Å². The van der Waals surface area contributed by atoms with E-state index < -0.39 is 74.7 Å². The summed E-state index contributed by atoms with van der Waals surface area (Å²) in [5.74, 6) is -7.54. The number of amides is 4. The maximum atomic E-state index is 14.1. The molecule has 4 aliphatic rings. The first-order chi connectivity index (χ1) is 20.0. The Hall–Kier alpha value is -3.35. The summed E-state index contributed by atoms with van der Waals surface area (Å²) in [6.45, 7) is 0. The first-order valence-electron chi connectivity index (χ1n) is 13.1. The molecule has 9 nitrogen and oxygen atoms in total. The number of hydrogen-bond acceptors (Lipinski definition) is 7. The van der Waals surface area contributed by atoms with E-state index in [1.54, 1.807) is 12.1 Å². The number of likely N-dealkylation sites (tertiary alicyclic amines) is 1. The molecule has 6 atom stereocenters. The molecule has 4 amide bonds. The highest BCUT2D eigenvalue weighted by atomic mass is 35.5. The topological polar surface area (TPSA) is 111 Å². The number of phenolic OH excluding ortho intramolecular Hbond substituents is 1. The largest absolute Gasteiger partial charge is 0.508 e. The number of carbonyl (C=O) groups excluding carboxylic acids is 4. The van der Waals surface area contributed by atoms with Gasteiger partial charge < -0.3 is 5.11 Å². The van der Waals surface area contributed by atoms with Crippen molar-refractivity contribution >= 4 is 64.2 Å². The Morgan fingerprint density at radius 1 is 1.05 bits per heavy atom. The summed E-state index contributed by atoms with van der Waals surface area (Å²) in [5, 5.41) is 11.6. The number of allylic oxidation sites excluding steroid dienone is 2. The molecule has 1 N–H and O–H groups in total. The maximum absolute atomic E-state index is 14.1. The molecule has 0 radical (unpaired) electrons. The number of phenols is 1. The average Bonchev–Trinajstić information content (AvgIpc) is 3.27. The first-order valence-corrected chi connectivity index (χ1v) is 14.2. The molecule has 2 aliphatic carbocycles. The molecule has 1 aromatic carbocycles. The SMILES string of the molecule is CN1C(=O)C2(Cl)CC3C(=CCC4C(=O)N(N(C)c5nc(C(F)(F)F)ccc5Cl)C(=O)C43)C(c3cccc(O)c3)C2(Cl)C1=O. The number of hydrogen-bond donors (Lipinski definition) is 1. The van der Waals surface area contributed by atoms with Gasteiger partial charge in [-0.1, -0.05) is 35.4 Å². The van der Waals surface area contributed by atoms with Crippen molar-refractivity contribution in [1.29, 1.82) is 0 Å². The number of halogens is 6. The smallest absolute Gasteiger partial charge is 0.433 e. The molecule has 2 aromatic rings. The van der Waals surface area contributed by atoms with Crippen LogP contribution in [0.4, 0.5) is 19.0 Å². The molecule has 43 heavy (non-hydrogen) atoms. The predicted molar refractivity (Wildman–Crippen MR) is 148 cm³/mol. The van der Waals surface area contributed by atoms with Crippen LogP contribution in [-0.2, 0) is 25.4 Å². The quantitative estimate of drug-likeness (QED) is 0.294. The molecule has 0 spiro atoms. The second-order valence-corrected chi connectivity index (χ2v) is 12.8. The van der Waals surface area contributed by atoms with Crippen molar-refractivity contribution in [1.82, 2.24) is 14.9 Å². The summed E-state index contributed by atoms with van der Waals surface area (Å²) in [6, 6.07) is 7.60. The van der Waals surface area contributed by atoms with Crippen LogP contribution < -0.4 is 5.01 Å². The van der Waals surface area contributed by atoms with Crippen molar-refractivity contribution in [3.8, 4) is 5.75 Å². The van der Waals surface area contributed by atoms with Crippen LogP contribution in [0, 0.1) is 17.8 Å². The molecule has 226 valence electrons. The van der Waals surface area contributed by atoms with E-state index >= 15 is 0 Å². The van der Waals surface area contributed by atoms with Crippen molar-refractivity contribution in [2.45, 2.75) is 34.7 Å². The molecule has 3 fully saturated rings. The number of alkyl halides is 5. The standard InChI is InChI=1S/C28H22Cl3F3N4O5/c1-36-24(42)26(30)11-16-14(20(27(26,31)25(36)43)12-4-3-5-13(39)10-12)6-7-15-19(16)23(41)38(22(15)40)37(2)21-17(29)8-9-18(35-21)28(32,33)34/h3-6,8-10,15-16,19-20,39H,7,11H2,1-2H3. The molecule has 1 aromatic heterocycles. The number of anilines is 1. The Morgan fingerprint density at radius 2 is 1.74 bits per heavy atom. The van der Waals surface area contributed by atoms with Gasteiger partial charge in [0.15, 0.2) is 15.6 Å². The van der Waals surface area contributed by atoms with Crippen LogP contribution in [0.3, 0.4) is 0 Å². The van der Waals surface area contributed by atoms with Gasteiger partial charge in [-0.3, -0.25) is 29.1 Å². The highest BCUT2D eigenvalue weighted by Crippen LogP contribution is 2.65. The number of nitrogens with zero attached hydrogens (tertiary/aromatic N) is 4.